The summed E-state index contributed by atoms with van der Waals surface area (Å²) < 4.78 is 13.7. The van der Waals surface area contributed by atoms with Gasteiger partial charge in [-0.3, -0.25) is 14.5 Å². The summed E-state index contributed by atoms with van der Waals surface area (Å²) in [5.41, 5.74) is 0.0777. The van der Waals surface area contributed by atoms with Gasteiger partial charge in [0.1, 0.15) is 5.82 Å². The Morgan fingerprint density at radius 1 is 1.32 bits per heavy atom. The molecule has 1 spiro atoms. The van der Waals surface area contributed by atoms with Gasteiger partial charge in [-0.25, -0.2) is 4.39 Å². The minimum absolute atomic E-state index is 0.0394. The summed E-state index contributed by atoms with van der Waals surface area (Å²) in [6.07, 6.45) is 1.89. The number of rotatable bonds is 1. The average molecular weight is 344 g/mol. The van der Waals surface area contributed by atoms with Crippen molar-refractivity contribution in [2.24, 2.45) is 0 Å². The van der Waals surface area contributed by atoms with Crippen molar-refractivity contribution in [2.45, 2.75) is 24.8 Å². The molecule has 1 N–H and O–H groups in total. The van der Waals surface area contributed by atoms with Crippen LogP contribution in [-0.2, 0) is 4.79 Å². The zero-order valence-electron chi connectivity index (χ0n) is 14.2. The van der Waals surface area contributed by atoms with Crippen molar-refractivity contribution >= 4 is 11.8 Å². The van der Waals surface area contributed by atoms with Crippen molar-refractivity contribution in [3.63, 3.8) is 0 Å². The van der Waals surface area contributed by atoms with E-state index in [4.69, 9.17) is 5.26 Å². The summed E-state index contributed by atoms with van der Waals surface area (Å²) >= 11 is 0. The molecule has 1 atom stereocenters. The van der Waals surface area contributed by atoms with Crippen molar-refractivity contribution in [1.82, 2.24) is 15.1 Å². The van der Waals surface area contributed by atoms with Crippen LogP contribution in [0.3, 0.4) is 0 Å². The predicted octanol–water partition coefficient (Wildman–Crippen LogP) is 1.12. The molecule has 2 aliphatic rings. The number of carbonyl (C=O) groups excluding carboxylic acids is 2. The van der Waals surface area contributed by atoms with Gasteiger partial charge in [0, 0.05) is 43.7 Å². The van der Waals surface area contributed by atoms with Gasteiger partial charge in [0.25, 0.3) is 5.91 Å². The van der Waals surface area contributed by atoms with E-state index < -0.39 is 5.82 Å². The molecule has 0 radical (unpaired) electrons. The molecule has 7 heteroatoms. The fourth-order valence-electron chi connectivity index (χ4n) is 3.73. The Labute approximate surface area is 146 Å². The summed E-state index contributed by atoms with van der Waals surface area (Å²) in [6, 6.07) is 5.59. The van der Waals surface area contributed by atoms with Crippen LogP contribution in [0.4, 0.5) is 4.39 Å². The summed E-state index contributed by atoms with van der Waals surface area (Å²) in [7, 11) is 2.02. The van der Waals surface area contributed by atoms with E-state index in [0.717, 1.165) is 12.5 Å². The molecule has 25 heavy (non-hydrogen) atoms. The number of nitrogens with zero attached hydrogens (tertiary/aromatic N) is 3. The van der Waals surface area contributed by atoms with Crippen LogP contribution >= 0.6 is 0 Å². The molecule has 0 saturated carbocycles. The molecular weight excluding hydrogens is 323 g/mol. The van der Waals surface area contributed by atoms with E-state index in [9.17, 15) is 14.0 Å². The van der Waals surface area contributed by atoms with Crippen LogP contribution in [0.5, 0.6) is 0 Å². The van der Waals surface area contributed by atoms with Gasteiger partial charge in [0.2, 0.25) is 5.91 Å². The maximum atomic E-state index is 13.7. The fourth-order valence-corrected chi connectivity index (χ4v) is 3.73. The van der Waals surface area contributed by atoms with Crippen LogP contribution in [0.15, 0.2) is 18.2 Å². The van der Waals surface area contributed by atoms with Crippen LogP contribution in [0.2, 0.25) is 0 Å². The zero-order chi connectivity index (χ0) is 18.0. The number of nitrogens with one attached hydrogen (secondary N) is 1. The first-order valence-electron chi connectivity index (χ1n) is 8.41. The molecule has 1 aromatic carbocycles. The van der Waals surface area contributed by atoms with Crippen molar-refractivity contribution in [3.05, 3.63) is 35.1 Å². The van der Waals surface area contributed by atoms with Crippen LogP contribution in [0.1, 0.15) is 35.2 Å². The number of amides is 2. The second kappa shape index (κ2) is 6.81. The summed E-state index contributed by atoms with van der Waals surface area (Å²) in [5, 5.41) is 11.9. The highest BCUT2D eigenvalue weighted by molar-refractivity contribution is 5.94. The minimum Gasteiger partial charge on any atom is -0.356 e. The number of nitriles is 1. The predicted molar refractivity (Wildman–Crippen MR) is 89.2 cm³/mol. The first-order chi connectivity index (χ1) is 11.9. The standard InChI is InChI=1S/C18H21FN4O2/c1-22-6-7-23(12-18(22)3-2-16(24)21-5-4-18)17(25)14-8-13(11-20)9-15(19)10-14/h8-10H,2-7,12H2,1H3,(H,21,24). The van der Waals surface area contributed by atoms with E-state index in [1.165, 1.54) is 12.1 Å². The quantitative estimate of drug-likeness (QED) is 0.828. The highest BCUT2D eigenvalue weighted by atomic mass is 19.1. The van der Waals surface area contributed by atoms with Gasteiger partial charge in [0.05, 0.1) is 11.6 Å². The zero-order valence-corrected chi connectivity index (χ0v) is 14.2. The number of likely N-dealkylation sites (N-methyl/N-ethyl adjacent to an activating group) is 1. The van der Waals surface area contributed by atoms with E-state index in [0.29, 0.717) is 39.0 Å². The van der Waals surface area contributed by atoms with Crippen molar-refractivity contribution in [2.75, 3.05) is 33.2 Å². The summed E-state index contributed by atoms with van der Waals surface area (Å²) in [6.45, 7) is 2.32. The monoisotopic (exact) mass is 344 g/mol. The summed E-state index contributed by atoms with van der Waals surface area (Å²) in [5.74, 6) is -0.819. The first-order valence-corrected chi connectivity index (χ1v) is 8.41. The second-order valence-corrected chi connectivity index (χ2v) is 6.81. The van der Waals surface area contributed by atoms with E-state index in [1.54, 1.807) is 4.90 Å². The Kier molecular flexibility index (Phi) is 4.73. The van der Waals surface area contributed by atoms with Gasteiger partial charge in [-0.15, -0.1) is 0 Å². The Balaban J connectivity index is 1.83. The number of carbonyl (C=O) groups is 2. The molecule has 1 unspecified atom stereocenters. The third kappa shape index (κ3) is 3.49. The van der Waals surface area contributed by atoms with Gasteiger partial charge in [0.15, 0.2) is 0 Å². The molecule has 0 aliphatic carbocycles. The Morgan fingerprint density at radius 2 is 2.12 bits per heavy atom. The molecule has 1 aromatic rings. The lowest BCUT2D eigenvalue weighted by molar-refractivity contribution is -0.121. The highest BCUT2D eigenvalue weighted by Crippen LogP contribution is 2.31. The molecule has 3 rings (SSSR count). The molecule has 2 heterocycles. The molecule has 0 aromatic heterocycles. The van der Waals surface area contributed by atoms with E-state index in [1.807, 2.05) is 13.1 Å². The third-order valence-electron chi connectivity index (χ3n) is 5.29. The number of hydrogen-bond acceptors (Lipinski definition) is 4. The molecule has 132 valence electrons. The number of hydrogen-bond donors (Lipinski definition) is 1. The topological polar surface area (TPSA) is 76.4 Å². The molecular formula is C18H21FN4O2. The number of benzene rings is 1. The normalized spacial score (nSPS) is 24.5. The van der Waals surface area contributed by atoms with Crippen molar-refractivity contribution in [1.29, 1.82) is 5.26 Å². The van der Waals surface area contributed by atoms with Gasteiger partial charge in [-0.2, -0.15) is 5.26 Å². The molecule has 2 saturated heterocycles. The van der Waals surface area contributed by atoms with Crippen molar-refractivity contribution in [3.8, 4) is 6.07 Å². The van der Waals surface area contributed by atoms with E-state index in [2.05, 4.69) is 10.2 Å². The van der Waals surface area contributed by atoms with Gasteiger partial charge in [-0.1, -0.05) is 0 Å². The number of piperazine rings is 1. The fraction of sp³-hybridized carbons (Fsp3) is 0.500. The molecule has 2 aliphatic heterocycles. The molecule has 6 nitrogen and oxygen atoms in total. The van der Waals surface area contributed by atoms with E-state index in [-0.39, 0.29) is 28.5 Å². The number of halogens is 1. The summed E-state index contributed by atoms with van der Waals surface area (Å²) in [4.78, 5) is 28.5. The first kappa shape index (κ1) is 17.4. The Morgan fingerprint density at radius 3 is 2.88 bits per heavy atom. The Bertz CT molecular complexity index is 745. The SMILES string of the molecule is CN1CCN(C(=O)c2cc(F)cc(C#N)c2)CC12CCNC(=O)CC2. The maximum Gasteiger partial charge on any atom is 0.254 e. The molecule has 2 fully saturated rings. The van der Waals surface area contributed by atoms with Gasteiger partial charge >= 0.3 is 0 Å². The second-order valence-electron chi connectivity index (χ2n) is 6.81. The lowest BCUT2D eigenvalue weighted by Crippen LogP contribution is -2.62. The Hall–Kier alpha value is -2.46. The van der Waals surface area contributed by atoms with Gasteiger partial charge < -0.3 is 10.2 Å². The molecule has 0 bridgehead atoms. The van der Waals surface area contributed by atoms with Crippen LogP contribution < -0.4 is 5.32 Å². The lowest BCUT2D eigenvalue weighted by atomic mass is 9.86. The molecule has 2 amide bonds. The van der Waals surface area contributed by atoms with E-state index >= 15 is 0 Å². The third-order valence-corrected chi connectivity index (χ3v) is 5.29. The van der Waals surface area contributed by atoms with Crippen molar-refractivity contribution < 1.29 is 14.0 Å². The largest absolute Gasteiger partial charge is 0.356 e. The van der Waals surface area contributed by atoms with Crippen LogP contribution in [-0.4, -0.2) is 60.4 Å². The van der Waals surface area contributed by atoms with Gasteiger partial charge in [-0.05, 0) is 38.1 Å². The minimum atomic E-state index is -0.587. The van der Waals surface area contributed by atoms with Crippen LogP contribution in [0.25, 0.3) is 0 Å². The van der Waals surface area contributed by atoms with Crippen LogP contribution in [0, 0.1) is 17.1 Å². The maximum absolute atomic E-state index is 13.7. The smallest absolute Gasteiger partial charge is 0.254 e. The lowest BCUT2D eigenvalue weighted by Gasteiger charge is -2.49. The average Bonchev–Trinajstić information content (AvgIpc) is 2.78. The highest BCUT2D eigenvalue weighted by Gasteiger charge is 2.42.